The quantitative estimate of drug-likeness (QED) is 0.695. The molecule has 9 nitrogen and oxygen atoms in total. The first-order chi connectivity index (χ1) is 14.5. The van der Waals surface area contributed by atoms with Gasteiger partial charge in [0.2, 0.25) is 11.8 Å². The van der Waals surface area contributed by atoms with Gasteiger partial charge in [-0.2, -0.15) is 4.98 Å². The first-order valence-electron chi connectivity index (χ1n) is 9.79. The second-order valence-electron chi connectivity index (χ2n) is 7.00. The predicted octanol–water partition coefficient (Wildman–Crippen LogP) is 2.65. The minimum Gasteiger partial charge on any atom is -0.471 e. The van der Waals surface area contributed by atoms with Crippen molar-refractivity contribution in [1.82, 2.24) is 19.9 Å². The summed E-state index contributed by atoms with van der Waals surface area (Å²) in [5.41, 5.74) is 3.27. The third-order valence-corrected chi connectivity index (χ3v) is 4.87. The molecule has 4 rings (SSSR count). The van der Waals surface area contributed by atoms with Crippen molar-refractivity contribution in [3.63, 3.8) is 0 Å². The van der Waals surface area contributed by atoms with Crippen LogP contribution in [0.2, 0.25) is 0 Å². The number of pyridine rings is 2. The van der Waals surface area contributed by atoms with E-state index in [4.69, 9.17) is 9.47 Å². The number of aromatic nitrogens is 3. The lowest BCUT2D eigenvalue weighted by Crippen LogP contribution is -2.52. The lowest BCUT2D eigenvalue weighted by molar-refractivity contribution is -0.120. The Hall–Kier alpha value is -3.62. The van der Waals surface area contributed by atoms with Crippen LogP contribution in [0, 0.1) is 6.92 Å². The van der Waals surface area contributed by atoms with E-state index in [9.17, 15) is 9.59 Å². The van der Waals surface area contributed by atoms with Crippen molar-refractivity contribution in [1.29, 1.82) is 0 Å². The number of carbonyl (C=O) groups excluding carboxylic acids is 2. The molecule has 3 aromatic rings. The van der Waals surface area contributed by atoms with Crippen molar-refractivity contribution in [3.8, 4) is 5.88 Å². The molecule has 156 valence electrons. The molecular formula is C21H23N5O4. The first-order valence-corrected chi connectivity index (χ1v) is 9.79. The van der Waals surface area contributed by atoms with Crippen LogP contribution < -0.4 is 9.64 Å². The number of anilines is 1. The number of aromatic amines is 1. The van der Waals surface area contributed by atoms with Gasteiger partial charge in [0.1, 0.15) is 18.8 Å². The highest BCUT2D eigenvalue weighted by molar-refractivity contribution is 6.04. The number of ether oxygens (including phenoxy) is 2. The van der Waals surface area contributed by atoms with Gasteiger partial charge in [0.05, 0.1) is 18.0 Å². The second-order valence-corrected chi connectivity index (χ2v) is 7.00. The number of H-pyrrole nitrogens is 1. The lowest BCUT2D eigenvalue weighted by Gasteiger charge is -2.33. The number of aryl methyl sites for hydroxylation is 1. The van der Waals surface area contributed by atoms with Crippen LogP contribution in [0.25, 0.3) is 11.0 Å². The Morgan fingerprint density at radius 1 is 1.23 bits per heavy atom. The third-order valence-electron chi connectivity index (χ3n) is 4.87. The summed E-state index contributed by atoms with van der Waals surface area (Å²) in [4.78, 5) is 39.5. The van der Waals surface area contributed by atoms with E-state index in [-0.39, 0.29) is 19.1 Å². The van der Waals surface area contributed by atoms with Crippen molar-refractivity contribution < 1.29 is 19.1 Å². The molecule has 0 atom stereocenters. The van der Waals surface area contributed by atoms with Crippen molar-refractivity contribution in [2.75, 3.05) is 31.1 Å². The summed E-state index contributed by atoms with van der Waals surface area (Å²) in [6.07, 6.45) is 3.09. The third kappa shape index (κ3) is 4.05. The fraction of sp³-hybridized carbons (Fsp3) is 0.333. The number of hydrogen-bond acceptors (Lipinski definition) is 6. The summed E-state index contributed by atoms with van der Waals surface area (Å²) >= 11 is 0. The molecule has 0 bridgehead atoms. The molecule has 1 N–H and O–H groups in total. The molecule has 9 heteroatoms. The molecule has 0 aromatic carbocycles. The van der Waals surface area contributed by atoms with Gasteiger partial charge in [0.15, 0.2) is 0 Å². The van der Waals surface area contributed by atoms with Gasteiger partial charge < -0.3 is 19.4 Å². The van der Waals surface area contributed by atoms with Gasteiger partial charge in [0, 0.05) is 36.9 Å². The van der Waals surface area contributed by atoms with Gasteiger partial charge in [-0.25, -0.2) is 4.79 Å². The number of nitrogens with zero attached hydrogens (tertiary/aromatic N) is 4. The molecule has 0 saturated carbocycles. The Labute approximate surface area is 173 Å². The smallest absolute Gasteiger partial charge is 0.410 e. The molecule has 1 fully saturated rings. The highest BCUT2D eigenvalue weighted by Crippen LogP contribution is 2.29. The molecule has 0 unspecified atom stereocenters. The largest absolute Gasteiger partial charge is 0.471 e. The van der Waals surface area contributed by atoms with Crippen LogP contribution in [0.15, 0.2) is 36.7 Å². The molecule has 1 aliphatic heterocycles. The molecule has 0 aliphatic carbocycles. The molecule has 1 saturated heterocycles. The average Bonchev–Trinajstić information content (AvgIpc) is 3.16. The molecule has 0 radical (unpaired) electrons. The number of hydrogen-bond donors (Lipinski definition) is 1. The van der Waals surface area contributed by atoms with E-state index in [0.717, 1.165) is 22.3 Å². The Kier molecular flexibility index (Phi) is 5.51. The van der Waals surface area contributed by atoms with Crippen LogP contribution in [0.3, 0.4) is 0 Å². The van der Waals surface area contributed by atoms with E-state index < -0.39 is 6.09 Å². The van der Waals surface area contributed by atoms with E-state index >= 15 is 0 Å². The highest BCUT2D eigenvalue weighted by Gasteiger charge is 2.30. The number of rotatable bonds is 5. The van der Waals surface area contributed by atoms with E-state index in [2.05, 4.69) is 15.0 Å². The highest BCUT2D eigenvalue weighted by atomic mass is 16.6. The molecule has 2 amide bonds. The zero-order chi connectivity index (χ0) is 21.1. The molecule has 30 heavy (non-hydrogen) atoms. The summed E-state index contributed by atoms with van der Waals surface area (Å²) in [5.74, 6) is 0.303. The maximum absolute atomic E-state index is 12.6. The normalized spacial score (nSPS) is 14.3. The molecule has 3 aromatic heterocycles. The number of piperazine rings is 1. The fourth-order valence-electron chi connectivity index (χ4n) is 3.31. The van der Waals surface area contributed by atoms with Gasteiger partial charge in [-0.05, 0) is 31.5 Å². The topological polar surface area (TPSA) is 101 Å². The minimum absolute atomic E-state index is 0.0102. The van der Waals surface area contributed by atoms with Crippen LogP contribution in [-0.2, 0) is 16.1 Å². The summed E-state index contributed by atoms with van der Waals surface area (Å²) < 4.78 is 10.7. The molecule has 1 aliphatic rings. The second kappa shape index (κ2) is 8.40. The van der Waals surface area contributed by atoms with E-state index in [1.165, 1.54) is 4.90 Å². The standard InChI is InChI=1S/C21H23N5O4/c1-3-29-21(28)25-8-9-26(19(27)12-25)17-11-23-20-16(17)6-7-18(24-20)30-13-15-5-4-14(2)10-22-15/h4-7,10-11H,3,8-9,12-13H2,1-2H3,(H,23,24). The first kappa shape index (κ1) is 19.7. The van der Waals surface area contributed by atoms with E-state index in [1.54, 1.807) is 30.3 Å². The van der Waals surface area contributed by atoms with Gasteiger partial charge in [0.25, 0.3) is 0 Å². The lowest BCUT2D eigenvalue weighted by atomic mass is 10.2. The summed E-state index contributed by atoms with van der Waals surface area (Å²) in [5, 5.41) is 0.814. The van der Waals surface area contributed by atoms with Gasteiger partial charge in [-0.3, -0.25) is 14.7 Å². The van der Waals surface area contributed by atoms with Crippen molar-refractivity contribution in [2.45, 2.75) is 20.5 Å². The zero-order valence-electron chi connectivity index (χ0n) is 16.9. The predicted molar refractivity (Wildman–Crippen MR) is 110 cm³/mol. The van der Waals surface area contributed by atoms with Crippen LogP contribution in [-0.4, -0.2) is 58.1 Å². The van der Waals surface area contributed by atoms with Crippen molar-refractivity contribution >= 4 is 28.7 Å². The Balaban J connectivity index is 1.45. The van der Waals surface area contributed by atoms with E-state index in [0.29, 0.717) is 31.2 Å². The van der Waals surface area contributed by atoms with Crippen molar-refractivity contribution in [3.05, 3.63) is 47.9 Å². The Bertz CT molecular complexity index is 1060. The summed E-state index contributed by atoms with van der Waals surface area (Å²) in [6, 6.07) is 7.55. The minimum atomic E-state index is -0.462. The summed E-state index contributed by atoms with van der Waals surface area (Å²) in [7, 11) is 0. The zero-order valence-corrected chi connectivity index (χ0v) is 16.9. The Morgan fingerprint density at radius 2 is 2.10 bits per heavy atom. The van der Waals surface area contributed by atoms with Gasteiger partial charge >= 0.3 is 6.09 Å². The average molecular weight is 409 g/mol. The summed E-state index contributed by atoms with van der Waals surface area (Å²) in [6.45, 7) is 5.12. The number of nitrogens with one attached hydrogen (secondary N) is 1. The van der Waals surface area contributed by atoms with Crippen LogP contribution >= 0.6 is 0 Å². The van der Waals surface area contributed by atoms with Crippen molar-refractivity contribution in [2.24, 2.45) is 0 Å². The molecule has 4 heterocycles. The fourth-order valence-corrected chi connectivity index (χ4v) is 3.31. The van der Waals surface area contributed by atoms with Crippen LogP contribution in [0.5, 0.6) is 5.88 Å². The molecular weight excluding hydrogens is 386 g/mol. The number of carbonyl (C=O) groups is 2. The van der Waals surface area contributed by atoms with Crippen LogP contribution in [0.1, 0.15) is 18.2 Å². The maximum Gasteiger partial charge on any atom is 0.410 e. The number of fused-ring (bicyclic) bond motifs is 1. The number of amides is 2. The molecule has 0 spiro atoms. The Morgan fingerprint density at radius 3 is 2.83 bits per heavy atom. The van der Waals surface area contributed by atoms with Gasteiger partial charge in [-0.15, -0.1) is 0 Å². The van der Waals surface area contributed by atoms with Crippen LogP contribution in [0.4, 0.5) is 10.5 Å². The van der Waals surface area contributed by atoms with Gasteiger partial charge in [-0.1, -0.05) is 6.07 Å². The maximum atomic E-state index is 12.6. The van der Waals surface area contributed by atoms with E-state index in [1.807, 2.05) is 25.1 Å². The monoisotopic (exact) mass is 409 g/mol. The SMILES string of the molecule is CCOC(=O)N1CCN(c2c[nH]c3nc(OCc4ccc(C)cn4)ccc23)C(=O)C1.